The molecule has 116 valence electrons. The zero-order valence-corrected chi connectivity index (χ0v) is 12.9. The van der Waals surface area contributed by atoms with Crippen LogP contribution in [-0.4, -0.2) is 23.3 Å². The molecule has 1 aromatic carbocycles. The lowest BCUT2D eigenvalue weighted by atomic mass is 9.94. The number of carboxylic acid groups (broad SMARTS) is 1. The topological polar surface area (TPSA) is 72.6 Å². The normalized spacial score (nSPS) is 15.2. The molecule has 0 radical (unpaired) electrons. The molecule has 22 heavy (non-hydrogen) atoms. The second kappa shape index (κ2) is 6.01. The number of rotatable bonds is 4. The maximum Gasteiger partial charge on any atom is 0.358 e. The predicted octanol–water partition coefficient (Wildman–Crippen LogP) is 4.36. The molecule has 1 fully saturated rings. The molecule has 0 saturated heterocycles. The van der Waals surface area contributed by atoms with Crippen molar-refractivity contribution >= 4 is 17.6 Å². The van der Waals surface area contributed by atoms with Crippen LogP contribution in [0.4, 0.5) is 0 Å². The van der Waals surface area contributed by atoms with E-state index in [0.717, 1.165) is 18.4 Å². The van der Waals surface area contributed by atoms with Crippen molar-refractivity contribution in [3.8, 4) is 17.1 Å². The standard InChI is InChI=1S/C16H16ClNO4/c1-21-15-11(9-4-2-3-5-9)6-10(7-12(15)17)14-8-13(16(19)20)18-22-14/h6-9H,2-5H2,1H3,(H,19,20). The van der Waals surface area contributed by atoms with E-state index in [1.54, 1.807) is 13.2 Å². The van der Waals surface area contributed by atoms with Gasteiger partial charge >= 0.3 is 5.97 Å². The van der Waals surface area contributed by atoms with E-state index in [-0.39, 0.29) is 5.69 Å². The van der Waals surface area contributed by atoms with Crippen molar-refractivity contribution < 1.29 is 19.2 Å². The largest absolute Gasteiger partial charge is 0.495 e. The molecule has 3 rings (SSSR count). The first-order valence-electron chi connectivity index (χ1n) is 7.18. The molecule has 1 aliphatic rings. The smallest absolute Gasteiger partial charge is 0.358 e. The Morgan fingerprint density at radius 1 is 1.36 bits per heavy atom. The Balaban J connectivity index is 2.06. The van der Waals surface area contributed by atoms with Gasteiger partial charge in [0, 0.05) is 11.6 Å². The third kappa shape index (κ3) is 2.68. The summed E-state index contributed by atoms with van der Waals surface area (Å²) in [5.74, 6) is 0.372. The molecule has 6 heteroatoms. The average molecular weight is 322 g/mol. The van der Waals surface area contributed by atoms with Crippen LogP contribution in [0.1, 0.15) is 47.7 Å². The fraction of sp³-hybridized carbons (Fsp3) is 0.375. The van der Waals surface area contributed by atoms with Gasteiger partial charge in [0.2, 0.25) is 0 Å². The number of aromatic nitrogens is 1. The van der Waals surface area contributed by atoms with E-state index in [4.69, 9.17) is 26.0 Å². The summed E-state index contributed by atoms with van der Waals surface area (Å²) in [6, 6.07) is 5.08. The van der Waals surface area contributed by atoms with Crippen LogP contribution in [0.5, 0.6) is 5.75 Å². The zero-order valence-electron chi connectivity index (χ0n) is 12.1. The Bertz CT molecular complexity index is 704. The van der Waals surface area contributed by atoms with Crippen LogP contribution in [-0.2, 0) is 0 Å². The average Bonchev–Trinajstić information content (AvgIpc) is 3.18. The third-order valence-electron chi connectivity index (χ3n) is 4.09. The predicted molar refractivity (Wildman–Crippen MR) is 81.7 cm³/mol. The van der Waals surface area contributed by atoms with Crippen molar-refractivity contribution in [2.24, 2.45) is 0 Å². The number of hydrogen-bond acceptors (Lipinski definition) is 4. The molecular formula is C16H16ClNO4. The number of benzene rings is 1. The molecule has 1 aromatic heterocycles. The molecule has 5 nitrogen and oxygen atoms in total. The van der Waals surface area contributed by atoms with Gasteiger partial charge < -0.3 is 14.4 Å². The van der Waals surface area contributed by atoms with Crippen LogP contribution >= 0.6 is 11.6 Å². The summed E-state index contributed by atoms with van der Waals surface area (Å²) in [5.41, 5.74) is 1.65. The number of methoxy groups -OCH3 is 1. The van der Waals surface area contributed by atoms with E-state index in [1.807, 2.05) is 6.07 Å². The van der Waals surface area contributed by atoms with Crippen molar-refractivity contribution in [3.63, 3.8) is 0 Å². The Morgan fingerprint density at radius 3 is 2.68 bits per heavy atom. The van der Waals surface area contributed by atoms with Crippen LogP contribution in [0.2, 0.25) is 5.02 Å². The van der Waals surface area contributed by atoms with Crippen LogP contribution in [0.25, 0.3) is 11.3 Å². The zero-order chi connectivity index (χ0) is 15.7. The molecule has 2 aromatic rings. The van der Waals surface area contributed by atoms with Gasteiger partial charge in [0.25, 0.3) is 0 Å². The number of aromatic carboxylic acids is 1. The first-order valence-corrected chi connectivity index (χ1v) is 7.55. The number of carbonyl (C=O) groups is 1. The van der Waals surface area contributed by atoms with Gasteiger partial charge in [0.1, 0.15) is 5.75 Å². The quantitative estimate of drug-likeness (QED) is 0.905. The first kappa shape index (κ1) is 14.9. The number of ether oxygens (including phenoxy) is 1. The van der Waals surface area contributed by atoms with Gasteiger partial charge in [-0.05, 0) is 36.5 Å². The van der Waals surface area contributed by atoms with E-state index in [0.29, 0.717) is 28.0 Å². The Labute approximate surface area is 132 Å². The van der Waals surface area contributed by atoms with Crippen molar-refractivity contribution in [2.75, 3.05) is 7.11 Å². The molecule has 0 unspecified atom stereocenters. The number of halogens is 1. The number of hydrogen-bond donors (Lipinski definition) is 1. The fourth-order valence-electron chi connectivity index (χ4n) is 3.02. The summed E-state index contributed by atoms with van der Waals surface area (Å²) >= 11 is 6.33. The first-order chi connectivity index (χ1) is 10.6. The molecule has 1 aliphatic carbocycles. The van der Waals surface area contributed by atoms with Gasteiger partial charge in [0.15, 0.2) is 11.5 Å². The summed E-state index contributed by atoms with van der Waals surface area (Å²) in [7, 11) is 1.61. The maximum absolute atomic E-state index is 10.9. The summed E-state index contributed by atoms with van der Waals surface area (Å²) in [6.07, 6.45) is 4.60. The van der Waals surface area contributed by atoms with Gasteiger partial charge in [-0.15, -0.1) is 0 Å². The second-order valence-electron chi connectivity index (χ2n) is 5.44. The molecule has 0 spiro atoms. The van der Waals surface area contributed by atoms with Gasteiger partial charge in [-0.2, -0.15) is 0 Å². The van der Waals surface area contributed by atoms with Crippen molar-refractivity contribution in [1.29, 1.82) is 0 Å². The van der Waals surface area contributed by atoms with E-state index in [9.17, 15) is 4.79 Å². The molecule has 1 N–H and O–H groups in total. The Kier molecular flexibility index (Phi) is 4.07. The molecule has 1 saturated carbocycles. The van der Waals surface area contributed by atoms with E-state index < -0.39 is 5.97 Å². The van der Waals surface area contributed by atoms with E-state index >= 15 is 0 Å². The third-order valence-corrected chi connectivity index (χ3v) is 4.37. The number of carboxylic acids is 1. The summed E-state index contributed by atoms with van der Waals surface area (Å²) in [6.45, 7) is 0. The van der Waals surface area contributed by atoms with E-state index in [2.05, 4.69) is 5.16 Å². The summed E-state index contributed by atoms with van der Waals surface area (Å²) < 4.78 is 10.6. The van der Waals surface area contributed by atoms with Gasteiger partial charge in [-0.3, -0.25) is 0 Å². The monoisotopic (exact) mass is 321 g/mol. The summed E-state index contributed by atoms with van der Waals surface area (Å²) in [5, 5.41) is 13.0. The summed E-state index contributed by atoms with van der Waals surface area (Å²) in [4.78, 5) is 10.9. The van der Waals surface area contributed by atoms with Gasteiger partial charge in [-0.25, -0.2) is 4.79 Å². The highest BCUT2D eigenvalue weighted by molar-refractivity contribution is 6.32. The van der Waals surface area contributed by atoms with Gasteiger partial charge in [0.05, 0.1) is 12.1 Å². The van der Waals surface area contributed by atoms with Crippen LogP contribution in [0.15, 0.2) is 22.7 Å². The van der Waals surface area contributed by atoms with Gasteiger partial charge in [-0.1, -0.05) is 29.6 Å². The molecule has 1 heterocycles. The highest BCUT2D eigenvalue weighted by atomic mass is 35.5. The molecule has 0 bridgehead atoms. The van der Waals surface area contributed by atoms with Crippen molar-refractivity contribution in [2.45, 2.75) is 31.6 Å². The maximum atomic E-state index is 10.9. The highest BCUT2D eigenvalue weighted by Crippen LogP contribution is 2.44. The molecule has 0 atom stereocenters. The minimum atomic E-state index is -1.12. The minimum absolute atomic E-state index is 0.121. The minimum Gasteiger partial charge on any atom is -0.495 e. The number of nitrogens with zero attached hydrogens (tertiary/aromatic N) is 1. The lowest BCUT2D eigenvalue weighted by molar-refractivity contribution is 0.0686. The molecule has 0 aliphatic heterocycles. The van der Waals surface area contributed by atoms with E-state index in [1.165, 1.54) is 18.9 Å². The highest BCUT2D eigenvalue weighted by Gasteiger charge is 2.24. The van der Waals surface area contributed by atoms with Crippen LogP contribution in [0.3, 0.4) is 0 Å². The second-order valence-corrected chi connectivity index (χ2v) is 5.85. The Hall–Kier alpha value is -2.01. The van der Waals surface area contributed by atoms with Crippen molar-refractivity contribution in [1.82, 2.24) is 5.16 Å². The Morgan fingerprint density at radius 2 is 2.09 bits per heavy atom. The lowest BCUT2D eigenvalue weighted by Gasteiger charge is -2.16. The van der Waals surface area contributed by atoms with Crippen molar-refractivity contribution in [3.05, 3.63) is 34.5 Å². The van der Waals surface area contributed by atoms with Crippen LogP contribution in [0, 0.1) is 0 Å². The molecular weight excluding hydrogens is 306 g/mol. The SMILES string of the molecule is COc1c(Cl)cc(-c2cc(C(=O)O)no2)cc1C1CCCC1. The fourth-order valence-corrected chi connectivity index (χ4v) is 3.33. The van der Waals surface area contributed by atoms with Crippen LogP contribution < -0.4 is 4.74 Å². The lowest BCUT2D eigenvalue weighted by Crippen LogP contribution is -1.99. The molecule has 0 amide bonds.